The summed E-state index contributed by atoms with van der Waals surface area (Å²) in [6, 6.07) is 3.81. The maximum Gasteiger partial charge on any atom is 0.229 e. The van der Waals surface area contributed by atoms with Gasteiger partial charge < -0.3 is 4.90 Å². The quantitative estimate of drug-likeness (QED) is 0.755. The Labute approximate surface area is 91.1 Å². The zero-order valence-electron chi connectivity index (χ0n) is 9.60. The first kappa shape index (κ1) is 11.7. The largest absolute Gasteiger partial charge is 0.343 e. The highest BCUT2D eigenvalue weighted by Gasteiger charge is 2.19. The molecule has 0 fully saturated rings. The zero-order chi connectivity index (χ0) is 11.3. The third-order valence-corrected chi connectivity index (χ3v) is 2.63. The molecule has 1 aromatic rings. The minimum atomic E-state index is -0.0985. The molecule has 0 spiro atoms. The molecule has 0 aromatic carbocycles. The average molecular weight is 206 g/mol. The summed E-state index contributed by atoms with van der Waals surface area (Å²) in [4.78, 5) is 17.9. The number of hydrogen-bond acceptors (Lipinski definition) is 2. The van der Waals surface area contributed by atoms with Crippen LogP contribution in [-0.4, -0.2) is 28.9 Å². The molecule has 1 rings (SSSR count). The third-order valence-electron chi connectivity index (χ3n) is 2.63. The van der Waals surface area contributed by atoms with E-state index in [9.17, 15) is 4.79 Å². The zero-order valence-corrected chi connectivity index (χ0v) is 9.60. The van der Waals surface area contributed by atoms with Crippen molar-refractivity contribution in [2.45, 2.75) is 26.7 Å². The van der Waals surface area contributed by atoms with Gasteiger partial charge in [0.15, 0.2) is 0 Å². The van der Waals surface area contributed by atoms with Crippen LogP contribution in [0.5, 0.6) is 0 Å². The Balaban J connectivity index is 2.76. The molecule has 1 atom stereocenters. The number of rotatable bonds is 4. The average Bonchev–Trinajstić information content (AvgIpc) is 2.30. The minimum absolute atomic E-state index is 0.0985. The highest BCUT2D eigenvalue weighted by Crippen LogP contribution is 2.16. The molecule has 0 saturated carbocycles. The van der Waals surface area contributed by atoms with Gasteiger partial charge in [0, 0.05) is 25.5 Å². The molecule has 0 aliphatic rings. The van der Waals surface area contributed by atoms with Crippen LogP contribution in [0, 0.1) is 0 Å². The molecule has 1 aromatic heterocycles. The second kappa shape index (κ2) is 5.49. The summed E-state index contributed by atoms with van der Waals surface area (Å²) in [5.41, 5.74) is 0.981. The van der Waals surface area contributed by atoms with E-state index >= 15 is 0 Å². The molecule has 0 radical (unpaired) electrons. The minimum Gasteiger partial charge on any atom is -0.343 e. The highest BCUT2D eigenvalue weighted by atomic mass is 16.2. The van der Waals surface area contributed by atoms with Crippen molar-refractivity contribution in [2.75, 3.05) is 13.1 Å². The number of pyridine rings is 1. The molecule has 0 bridgehead atoms. The van der Waals surface area contributed by atoms with Gasteiger partial charge in [-0.1, -0.05) is 6.07 Å². The van der Waals surface area contributed by atoms with Crippen LogP contribution in [0.15, 0.2) is 24.5 Å². The molecule has 3 nitrogen and oxygen atoms in total. The van der Waals surface area contributed by atoms with Crippen molar-refractivity contribution in [3.8, 4) is 0 Å². The Morgan fingerprint density at radius 2 is 2.13 bits per heavy atom. The lowest BCUT2D eigenvalue weighted by atomic mass is 10.0. The van der Waals surface area contributed by atoms with E-state index in [0.717, 1.165) is 18.7 Å². The van der Waals surface area contributed by atoms with Crippen LogP contribution in [0.1, 0.15) is 32.3 Å². The monoisotopic (exact) mass is 206 g/mol. The van der Waals surface area contributed by atoms with Crippen LogP contribution in [0.2, 0.25) is 0 Å². The standard InChI is InChI=1S/C12H18N2O/c1-4-14(5-2)12(15)10(3)11-7-6-8-13-9-11/h6-10H,4-5H2,1-3H3. The molecular weight excluding hydrogens is 188 g/mol. The van der Waals surface area contributed by atoms with Crippen LogP contribution in [0.3, 0.4) is 0 Å². The lowest BCUT2D eigenvalue weighted by Gasteiger charge is -2.22. The molecular formula is C12H18N2O. The van der Waals surface area contributed by atoms with Gasteiger partial charge in [-0.2, -0.15) is 0 Å². The molecule has 1 heterocycles. The van der Waals surface area contributed by atoms with Gasteiger partial charge in [-0.25, -0.2) is 0 Å². The summed E-state index contributed by atoms with van der Waals surface area (Å²) in [7, 11) is 0. The maximum atomic E-state index is 12.0. The van der Waals surface area contributed by atoms with E-state index in [0.29, 0.717) is 0 Å². The first-order valence-corrected chi connectivity index (χ1v) is 5.39. The van der Waals surface area contributed by atoms with E-state index in [1.165, 1.54) is 0 Å². The number of nitrogens with zero attached hydrogens (tertiary/aromatic N) is 2. The maximum absolute atomic E-state index is 12.0. The van der Waals surface area contributed by atoms with Crippen LogP contribution >= 0.6 is 0 Å². The number of likely N-dealkylation sites (N-methyl/N-ethyl adjacent to an activating group) is 1. The summed E-state index contributed by atoms with van der Waals surface area (Å²) in [5, 5.41) is 0. The Morgan fingerprint density at radius 1 is 1.47 bits per heavy atom. The van der Waals surface area contributed by atoms with Crippen molar-refractivity contribution in [3.63, 3.8) is 0 Å². The number of amides is 1. The smallest absolute Gasteiger partial charge is 0.229 e. The summed E-state index contributed by atoms with van der Waals surface area (Å²) >= 11 is 0. The third kappa shape index (κ3) is 2.78. The Kier molecular flexibility index (Phi) is 4.28. The van der Waals surface area contributed by atoms with Crippen molar-refractivity contribution in [1.29, 1.82) is 0 Å². The second-order valence-corrected chi connectivity index (χ2v) is 3.52. The van der Waals surface area contributed by atoms with Crippen LogP contribution < -0.4 is 0 Å². The second-order valence-electron chi connectivity index (χ2n) is 3.52. The predicted molar refractivity (Wildman–Crippen MR) is 60.6 cm³/mol. The molecule has 3 heteroatoms. The lowest BCUT2D eigenvalue weighted by Crippen LogP contribution is -2.33. The van der Waals surface area contributed by atoms with Crippen LogP contribution in [0.4, 0.5) is 0 Å². The first-order chi connectivity index (χ1) is 7.20. The van der Waals surface area contributed by atoms with Gasteiger partial charge in [-0.15, -0.1) is 0 Å². The molecule has 82 valence electrons. The number of hydrogen-bond donors (Lipinski definition) is 0. The topological polar surface area (TPSA) is 33.2 Å². The van der Waals surface area contributed by atoms with Crippen molar-refractivity contribution < 1.29 is 4.79 Å². The first-order valence-electron chi connectivity index (χ1n) is 5.39. The van der Waals surface area contributed by atoms with Crippen molar-refractivity contribution in [2.24, 2.45) is 0 Å². The molecule has 0 aliphatic carbocycles. The van der Waals surface area contributed by atoms with Gasteiger partial charge in [-0.05, 0) is 32.4 Å². The summed E-state index contributed by atoms with van der Waals surface area (Å²) in [6.45, 7) is 7.45. The fourth-order valence-corrected chi connectivity index (χ4v) is 1.58. The molecule has 15 heavy (non-hydrogen) atoms. The molecule has 0 saturated heterocycles. The summed E-state index contributed by atoms with van der Waals surface area (Å²) in [6.07, 6.45) is 3.48. The van der Waals surface area contributed by atoms with Crippen molar-refractivity contribution >= 4 is 5.91 Å². The van der Waals surface area contributed by atoms with Crippen LogP contribution in [-0.2, 0) is 4.79 Å². The fraction of sp³-hybridized carbons (Fsp3) is 0.500. The van der Waals surface area contributed by atoms with Gasteiger partial charge in [-0.3, -0.25) is 9.78 Å². The van der Waals surface area contributed by atoms with Gasteiger partial charge in [0.05, 0.1) is 5.92 Å². The van der Waals surface area contributed by atoms with Gasteiger partial charge >= 0.3 is 0 Å². The van der Waals surface area contributed by atoms with E-state index in [-0.39, 0.29) is 11.8 Å². The van der Waals surface area contributed by atoms with Crippen LogP contribution in [0.25, 0.3) is 0 Å². The molecule has 1 amide bonds. The number of carbonyl (C=O) groups is 1. The lowest BCUT2D eigenvalue weighted by molar-refractivity contribution is -0.132. The fourth-order valence-electron chi connectivity index (χ4n) is 1.58. The molecule has 1 unspecified atom stereocenters. The number of aromatic nitrogens is 1. The van der Waals surface area contributed by atoms with E-state index in [1.807, 2.05) is 37.8 Å². The normalized spacial score (nSPS) is 12.2. The molecule has 0 N–H and O–H groups in total. The van der Waals surface area contributed by atoms with E-state index in [2.05, 4.69) is 4.98 Å². The van der Waals surface area contributed by atoms with Gasteiger partial charge in [0.25, 0.3) is 0 Å². The Morgan fingerprint density at radius 3 is 2.60 bits per heavy atom. The van der Waals surface area contributed by atoms with E-state index in [1.54, 1.807) is 12.4 Å². The van der Waals surface area contributed by atoms with Gasteiger partial charge in [0.1, 0.15) is 0 Å². The number of carbonyl (C=O) groups excluding carboxylic acids is 1. The van der Waals surface area contributed by atoms with E-state index < -0.39 is 0 Å². The Bertz CT molecular complexity index is 307. The SMILES string of the molecule is CCN(CC)C(=O)C(C)c1cccnc1. The van der Waals surface area contributed by atoms with E-state index in [4.69, 9.17) is 0 Å². The summed E-state index contributed by atoms with van der Waals surface area (Å²) < 4.78 is 0. The van der Waals surface area contributed by atoms with Crippen molar-refractivity contribution in [1.82, 2.24) is 9.88 Å². The van der Waals surface area contributed by atoms with Crippen molar-refractivity contribution in [3.05, 3.63) is 30.1 Å². The Hall–Kier alpha value is -1.38. The molecule has 0 aliphatic heterocycles. The summed E-state index contributed by atoms with van der Waals surface area (Å²) in [5.74, 6) is 0.0756. The predicted octanol–water partition coefficient (Wildman–Crippen LogP) is 2.05. The van der Waals surface area contributed by atoms with Gasteiger partial charge in [0.2, 0.25) is 5.91 Å². The highest BCUT2D eigenvalue weighted by molar-refractivity contribution is 5.83.